The van der Waals surface area contributed by atoms with Crippen molar-refractivity contribution in [2.45, 2.75) is 89.1 Å². The van der Waals surface area contributed by atoms with Crippen molar-refractivity contribution in [3.05, 3.63) is 58.7 Å². The van der Waals surface area contributed by atoms with Crippen LogP contribution in [0.25, 0.3) is 0 Å². The van der Waals surface area contributed by atoms with Crippen molar-refractivity contribution in [2.75, 3.05) is 19.6 Å². The van der Waals surface area contributed by atoms with Gasteiger partial charge in [-0.2, -0.15) is 13.2 Å². The van der Waals surface area contributed by atoms with E-state index in [2.05, 4.69) is 31.0 Å². The maximum absolute atomic E-state index is 13.2. The maximum Gasteiger partial charge on any atom is 0.416 e. The van der Waals surface area contributed by atoms with Crippen LogP contribution in [0.2, 0.25) is 0 Å². The normalized spacial score (nSPS) is 30.9. The van der Waals surface area contributed by atoms with Gasteiger partial charge in [-0.15, -0.1) is 0 Å². The molecule has 2 aromatic carbocycles. The monoisotopic (exact) mass is 621 g/mol. The van der Waals surface area contributed by atoms with Crippen LogP contribution in [0.5, 0.6) is 11.5 Å². The van der Waals surface area contributed by atoms with E-state index in [0.717, 1.165) is 78.2 Å². The van der Waals surface area contributed by atoms with Gasteiger partial charge in [0.25, 0.3) is 5.91 Å². The number of esters is 1. The number of halogens is 3. The second-order valence-corrected chi connectivity index (χ2v) is 14.3. The third-order valence-electron chi connectivity index (χ3n) is 11.0. The Bertz CT molecular complexity index is 1580. The summed E-state index contributed by atoms with van der Waals surface area (Å²) in [5.74, 6) is 7.63. The van der Waals surface area contributed by atoms with Gasteiger partial charge in [0.1, 0.15) is 17.6 Å². The number of carbonyl (C=O) groups excluding carboxylic acids is 2. The topological polar surface area (TPSA) is 64.6 Å². The van der Waals surface area contributed by atoms with Gasteiger partial charge in [0.05, 0.1) is 42.7 Å². The molecule has 6 atom stereocenters. The summed E-state index contributed by atoms with van der Waals surface area (Å²) in [6.07, 6.45) is 1.38. The number of benzene rings is 2. The predicted molar refractivity (Wildman–Crippen MR) is 161 cm³/mol. The van der Waals surface area contributed by atoms with Crippen LogP contribution in [0.1, 0.15) is 75.1 Å². The molecule has 5 aliphatic rings. The van der Waals surface area contributed by atoms with Gasteiger partial charge < -0.3 is 19.3 Å². The van der Waals surface area contributed by atoms with E-state index in [4.69, 9.17) is 9.47 Å². The highest BCUT2D eigenvalue weighted by molar-refractivity contribution is 5.94. The molecular formula is C36H40F3N2O4+. The lowest BCUT2D eigenvalue weighted by Crippen LogP contribution is -2.75. The average molecular weight is 622 g/mol. The molecule has 2 aromatic rings. The zero-order valence-electron chi connectivity index (χ0n) is 26.0. The van der Waals surface area contributed by atoms with Crippen LogP contribution in [0.15, 0.2) is 36.4 Å². The molecule has 1 N–H and O–H groups in total. The molecule has 2 bridgehead atoms. The van der Waals surface area contributed by atoms with E-state index < -0.39 is 17.6 Å². The molecule has 1 spiro atoms. The summed E-state index contributed by atoms with van der Waals surface area (Å²) in [7, 11) is 0. The van der Waals surface area contributed by atoms with Crippen LogP contribution in [0, 0.1) is 29.6 Å². The zero-order valence-corrected chi connectivity index (χ0v) is 26.0. The average Bonchev–Trinajstić information content (AvgIpc) is 3.72. The number of amides is 1. The van der Waals surface area contributed by atoms with Gasteiger partial charge in [-0.25, -0.2) is 0 Å². The van der Waals surface area contributed by atoms with Crippen molar-refractivity contribution < 1.29 is 36.7 Å². The summed E-state index contributed by atoms with van der Waals surface area (Å²) in [4.78, 5) is 25.3. The van der Waals surface area contributed by atoms with Gasteiger partial charge >= 0.3 is 12.1 Å². The number of carbonyl (C=O) groups is 2. The molecule has 7 rings (SSSR count). The molecule has 2 aliphatic heterocycles. The fourth-order valence-electron chi connectivity index (χ4n) is 9.44. The Morgan fingerprint density at radius 3 is 2.53 bits per heavy atom. The summed E-state index contributed by atoms with van der Waals surface area (Å²) < 4.78 is 52.5. The second-order valence-electron chi connectivity index (χ2n) is 14.3. The largest absolute Gasteiger partial charge is 0.487 e. The van der Waals surface area contributed by atoms with E-state index in [0.29, 0.717) is 29.2 Å². The van der Waals surface area contributed by atoms with E-state index in [1.54, 1.807) is 0 Å². The number of likely N-dealkylation sites (tertiary alicyclic amines) is 1. The number of alkyl halides is 3. The van der Waals surface area contributed by atoms with Crippen molar-refractivity contribution in [1.29, 1.82) is 0 Å². The molecule has 0 aromatic heterocycles. The van der Waals surface area contributed by atoms with Gasteiger partial charge in [-0.1, -0.05) is 19.8 Å². The van der Waals surface area contributed by atoms with Crippen LogP contribution in [0.4, 0.5) is 13.2 Å². The summed E-state index contributed by atoms with van der Waals surface area (Å²) in [6.45, 7) is 9.44. The number of quaternary nitrogens is 1. The third-order valence-corrected chi connectivity index (χ3v) is 11.0. The molecule has 1 unspecified atom stereocenters. The maximum atomic E-state index is 13.2. The number of rotatable bonds is 6. The Morgan fingerprint density at radius 2 is 1.87 bits per heavy atom. The van der Waals surface area contributed by atoms with Crippen molar-refractivity contribution in [3.63, 3.8) is 0 Å². The molecule has 9 heteroatoms. The minimum Gasteiger partial charge on any atom is -0.487 e. The summed E-state index contributed by atoms with van der Waals surface area (Å²) in [6, 6.07) is 8.37. The molecule has 1 saturated heterocycles. The highest BCUT2D eigenvalue weighted by atomic mass is 19.4. The second kappa shape index (κ2) is 10.8. The molecule has 2 heterocycles. The van der Waals surface area contributed by atoms with Gasteiger partial charge in [0, 0.05) is 60.1 Å². The minimum atomic E-state index is -4.43. The molecule has 1 amide bonds. The first-order chi connectivity index (χ1) is 21.4. The Labute approximate surface area is 262 Å². The van der Waals surface area contributed by atoms with Crippen molar-refractivity contribution >= 4 is 11.9 Å². The number of ether oxygens (including phenoxy) is 2. The lowest BCUT2D eigenvalue weighted by molar-refractivity contribution is -0.966. The van der Waals surface area contributed by atoms with E-state index in [9.17, 15) is 22.8 Å². The summed E-state index contributed by atoms with van der Waals surface area (Å²) in [5, 5.41) is 3.13. The fraction of sp³-hybridized carbons (Fsp3) is 0.556. The van der Waals surface area contributed by atoms with Gasteiger partial charge in [0.15, 0.2) is 0 Å². The standard InChI is InChI=1S/C36H39F3N2O4/c1-21(2)19-41(20-24-4-5-24)17-16-35-27-11-12-28(40-32(43)15-8-23-6-9-25(10-7-23)36(37,38)39)34(35)45-31-14-13-30(44-22(3)42)26(33(31)35)18-29(27)41/h6-7,9-10,13-14,21,24,27-29,34H,4-5,11-12,16-20H2,1-3H3/p+1/t27-,28-,29+,34-,35-,41?/m0/s1. The Hall–Kier alpha value is -3.51. The quantitative estimate of drug-likeness (QED) is 0.192. The molecule has 45 heavy (non-hydrogen) atoms. The number of hydrogen-bond donors (Lipinski definition) is 1. The number of piperidine rings is 1. The third kappa shape index (κ3) is 5.19. The first kappa shape index (κ1) is 30.2. The highest BCUT2D eigenvalue weighted by Crippen LogP contribution is 2.65. The fourth-order valence-corrected chi connectivity index (χ4v) is 9.44. The van der Waals surface area contributed by atoms with Crippen LogP contribution in [-0.2, 0) is 27.6 Å². The van der Waals surface area contributed by atoms with Gasteiger partial charge in [0.2, 0.25) is 0 Å². The van der Waals surface area contributed by atoms with Gasteiger partial charge in [-0.05, 0) is 62.1 Å². The lowest BCUT2D eigenvalue weighted by Gasteiger charge is -2.63. The van der Waals surface area contributed by atoms with Crippen molar-refractivity contribution in [1.82, 2.24) is 5.32 Å². The minimum absolute atomic E-state index is 0.277. The van der Waals surface area contributed by atoms with E-state index >= 15 is 0 Å². The van der Waals surface area contributed by atoms with Crippen molar-refractivity contribution in [2.24, 2.45) is 17.8 Å². The molecule has 3 fully saturated rings. The number of nitrogens with one attached hydrogen (secondary N) is 1. The van der Waals surface area contributed by atoms with E-state index in [1.165, 1.54) is 38.4 Å². The predicted octanol–water partition coefficient (Wildman–Crippen LogP) is 5.79. The molecule has 6 nitrogen and oxygen atoms in total. The van der Waals surface area contributed by atoms with Crippen molar-refractivity contribution in [3.8, 4) is 23.3 Å². The Kier molecular flexibility index (Phi) is 7.23. The SMILES string of the molecule is CC(=O)Oc1ccc2c3c1C[C@@H]1[C@@H]4CC[C@H](NC(=O)C#Cc5ccc(C(F)(F)F)cc5)[C@H](O2)[C@]34CC[N+]1(CC(C)C)CC1CC1. The molecular weight excluding hydrogens is 581 g/mol. The number of nitrogens with zero attached hydrogens (tertiary/aromatic N) is 1. The van der Waals surface area contributed by atoms with Crippen LogP contribution < -0.4 is 14.8 Å². The Morgan fingerprint density at radius 1 is 1.11 bits per heavy atom. The molecule has 0 radical (unpaired) electrons. The number of hydrogen-bond acceptors (Lipinski definition) is 4. The first-order valence-corrected chi connectivity index (χ1v) is 16.3. The highest BCUT2D eigenvalue weighted by Gasteiger charge is 2.70. The molecule has 238 valence electrons. The van der Waals surface area contributed by atoms with E-state index in [1.807, 2.05) is 12.1 Å². The zero-order chi connectivity index (χ0) is 31.7. The Balaban J connectivity index is 1.22. The smallest absolute Gasteiger partial charge is 0.416 e. The van der Waals surface area contributed by atoms with E-state index in [-0.39, 0.29) is 23.5 Å². The van der Waals surface area contributed by atoms with Crippen LogP contribution in [0.3, 0.4) is 0 Å². The first-order valence-electron chi connectivity index (χ1n) is 16.3. The molecule has 3 aliphatic carbocycles. The van der Waals surface area contributed by atoms with Gasteiger partial charge in [-0.3, -0.25) is 9.59 Å². The lowest BCUT2D eigenvalue weighted by atomic mass is 9.50. The molecule has 2 saturated carbocycles. The summed E-state index contributed by atoms with van der Waals surface area (Å²) >= 11 is 0. The van der Waals surface area contributed by atoms with Crippen LogP contribution >= 0.6 is 0 Å². The van der Waals surface area contributed by atoms with Crippen LogP contribution in [-0.4, -0.2) is 54.2 Å². The summed E-state index contributed by atoms with van der Waals surface area (Å²) in [5.41, 5.74) is 1.53.